The van der Waals surface area contributed by atoms with Crippen LogP contribution in [0.5, 0.6) is 0 Å². The van der Waals surface area contributed by atoms with Crippen LogP contribution in [0.4, 0.5) is 20.2 Å². The van der Waals surface area contributed by atoms with Gasteiger partial charge in [0.25, 0.3) is 0 Å². The van der Waals surface area contributed by atoms with Gasteiger partial charge in [-0.05, 0) is 53.9 Å². The summed E-state index contributed by atoms with van der Waals surface area (Å²) in [4.78, 5) is 0. The van der Waals surface area contributed by atoms with Crippen LogP contribution in [0.15, 0.2) is 72.8 Å². The Morgan fingerprint density at radius 1 is 0.600 bits per heavy atom. The van der Waals surface area contributed by atoms with Gasteiger partial charge in [0.05, 0.1) is 23.5 Å². The van der Waals surface area contributed by atoms with Gasteiger partial charge in [-0.25, -0.2) is 8.78 Å². The van der Waals surface area contributed by atoms with Gasteiger partial charge in [0.15, 0.2) is 0 Å². The van der Waals surface area contributed by atoms with Crippen molar-refractivity contribution in [3.8, 4) is 0 Å². The minimum absolute atomic E-state index is 0.0202. The predicted octanol–water partition coefficient (Wildman–Crippen LogP) is 5.67. The van der Waals surface area contributed by atoms with E-state index in [4.69, 9.17) is 0 Å². The molecule has 1 heterocycles. The summed E-state index contributed by atoms with van der Waals surface area (Å²) in [7, 11) is 0. The van der Waals surface area contributed by atoms with Crippen molar-refractivity contribution in [2.75, 3.05) is 10.6 Å². The zero-order valence-electron chi connectivity index (χ0n) is 13.5. The second-order valence-electron chi connectivity index (χ2n) is 6.28. The van der Waals surface area contributed by atoms with E-state index >= 15 is 0 Å². The van der Waals surface area contributed by atoms with Gasteiger partial charge in [-0.1, -0.05) is 36.4 Å². The van der Waals surface area contributed by atoms with Crippen LogP contribution in [0.3, 0.4) is 0 Å². The maximum Gasteiger partial charge on any atom is 0.123 e. The van der Waals surface area contributed by atoms with E-state index in [0.29, 0.717) is 0 Å². The molecular weight excluding hydrogens is 318 g/mol. The molecule has 0 fully saturated rings. The topological polar surface area (TPSA) is 24.1 Å². The summed E-state index contributed by atoms with van der Waals surface area (Å²) in [6.45, 7) is 0. The van der Waals surface area contributed by atoms with E-state index < -0.39 is 0 Å². The highest BCUT2D eigenvalue weighted by Gasteiger charge is 2.24. The lowest BCUT2D eigenvalue weighted by molar-refractivity contribution is 0.606. The average Bonchev–Trinajstić information content (AvgIpc) is 2.82. The van der Waals surface area contributed by atoms with Crippen LogP contribution < -0.4 is 10.6 Å². The van der Waals surface area contributed by atoms with E-state index in [1.165, 1.54) is 24.3 Å². The summed E-state index contributed by atoms with van der Waals surface area (Å²) in [5.74, 6) is -0.489. The molecule has 2 atom stereocenters. The molecule has 0 spiro atoms. The van der Waals surface area contributed by atoms with Crippen LogP contribution in [0.25, 0.3) is 0 Å². The van der Waals surface area contributed by atoms with Crippen LogP contribution in [0.1, 0.15) is 29.6 Å². The highest BCUT2D eigenvalue weighted by Crippen LogP contribution is 2.38. The molecule has 1 aliphatic heterocycles. The van der Waals surface area contributed by atoms with Gasteiger partial charge in [0.1, 0.15) is 11.6 Å². The number of hydrogen-bond donors (Lipinski definition) is 2. The Labute approximate surface area is 145 Å². The van der Waals surface area contributed by atoms with Crippen molar-refractivity contribution in [1.82, 2.24) is 0 Å². The van der Waals surface area contributed by atoms with E-state index in [9.17, 15) is 8.78 Å². The van der Waals surface area contributed by atoms with E-state index in [1.54, 1.807) is 0 Å². The average molecular weight is 336 g/mol. The van der Waals surface area contributed by atoms with E-state index in [1.807, 2.05) is 48.5 Å². The number of anilines is 2. The normalized spacial score (nSPS) is 19.3. The molecule has 126 valence electrons. The van der Waals surface area contributed by atoms with Gasteiger partial charge in [0.2, 0.25) is 0 Å². The second kappa shape index (κ2) is 6.55. The third-order valence-electron chi connectivity index (χ3n) is 4.60. The Bertz CT molecular complexity index is 787. The van der Waals surface area contributed by atoms with Crippen LogP contribution in [0, 0.1) is 11.6 Å². The Morgan fingerprint density at radius 3 is 1.40 bits per heavy atom. The van der Waals surface area contributed by atoms with Gasteiger partial charge in [-0.15, -0.1) is 0 Å². The number of hydrogen-bond acceptors (Lipinski definition) is 2. The molecule has 0 bridgehead atoms. The molecule has 0 radical (unpaired) electrons. The largest absolute Gasteiger partial charge is 0.376 e. The number of benzene rings is 3. The molecule has 3 aromatic rings. The first-order chi connectivity index (χ1) is 12.2. The van der Waals surface area contributed by atoms with Crippen molar-refractivity contribution in [1.29, 1.82) is 0 Å². The number of fused-ring (bicyclic) bond motifs is 1. The first kappa shape index (κ1) is 15.6. The smallest absolute Gasteiger partial charge is 0.123 e. The van der Waals surface area contributed by atoms with Gasteiger partial charge < -0.3 is 10.6 Å². The molecule has 0 amide bonds. The van der Waals surface area contributed by atoms with Crippen LogP contribution in [-0.2, 0) is 0 Å². The Morgan fingerprint density at radius 2 is 1.00 bits per heavy atom. The molecule has 0 aliphatic carbocycles. The molecule has 0 unspecified atom stereocenters. The maximum absolute atomic E-state index is 13.3. The summed E-state index contributed by atoms with van der Waals surface area (Å²) < 4.78 is 26.6. The zero-order valence-corrected chi connectivity index (χ0v) is 13.5. The highest BCUT2D eigenvalue weighted by atomic mass is 19.1. The Hall–Kier alpha value is -2.88. The summed E-state index contributed by atoms with van der Waals surface area (Å²) in [5.41, 5.74) is 4.04. The lowest BCUT2D eigenvalue weighted by Crippen LogP contribution is -2.15. The van der Waals surface area contributed by atoms with Crippen molar-refractivity contribution in [2.45, 2.75) is 18.5 Å². The number of rotatable bonds is 2. The van der Waals surface area contributed by atoms with Gasteiger partial charge in [-0.3, -0.25) is 0 Å². The molecule has 0 saturated carbocycles. The Kier molecular flexibility index (Phi) is 4.10. The lowest BCUT2D eigenvalue weighted by atomic mass is 9.95. The fourth-order valence-electron chi connectivity index (χ4n) is 3.29. The molecule has 2 N–H and O–H groups in total. The zero-order chi connectivity index (χ0) is 17.2. The molecule has 4 rings (SSSR count). The van der Waals surface area contributed by atoms with E-state index in [2.05, 4.69) is 10.6 Å². The molecule has 1 aliphatic rings. The molecule has 0 saturated heterocycles. The van der Waals surface area contributed by atoms with Crippen molar-refractivity contribution in [2.24, 2.45) is 0 Å². The number of halogens is 2. The molecule has 25 heavy (non-hydrogen) atoms. The SMILES string of the molecule is Fc1ccc([C@@H]2C[C@@H](c3ccc(F)cc3)Nc3ccccc3N2)cc1. The molecule has 4 heteroatoms. The summed E-state index contributed by atoms with van der Waals surface area (Å²) in [6, 6.07) is 21.2. The summed E-state index contributed by atoms with van der Waals surface area (Å²) in [5, 5.41) is 7.09. The lowest BCUT2D eigenvalue weighted by Gasteiger charge is -2.22. The minimum atomic E-state index is -0.244. The quantitative estimate of drug-likeness (QED) is 0.629. The van der Waals surface area contributed by atoms with Gasteiger partial charge >= 0.3 is 0 Å². The number of nitrogens with one attached hydrogen (secondary N) is 2. The first-order valence-corrected chi connectivity index (χ1v) is 8.32. The van der Waals surface area contributed by atoms with Crippen LogP contribution in [0.2, 0.25) is 0 Å². The second-order valence-corrected chi connectivity index (χ2v) is 6.28. The Balaban J connectivity index is 1.72. The van der Waals surface area contributed by atoms with E-state index in [0.717, 1.165) is 28.9 Å². The summed E-state index contributed by atoms with van der Waals surface area (Å²) in [6.07, 6.45) is 0.756. The van der Waals surface area contributed by atoms with Crippen molar-refractivity contribution in [3.05, 3.63) is 95.6 Å². The van der Waals surface area contributed by atoms with Crippen molar-refractivity contribution < 1.29 is 8.78 Å². The molecule has 2 nitrogen and oxygen atoms in total. The fraction of sp³-hybridized carbons (Fsp3) is 0.143. The third-order valence-corrected chi connectivity index (χ3v) is 4.60. The minimum Gasteiger partial charge on any atom is -0.376 e. The first-order valence-electron chi connectivity index (χ1n) is 8.32. The maximum atomic E-state index is 13.3. The predicted molar refractivity (Wildman–Crippen MR) is 96.6 cm³/mol. The fourth-order valence-corrected chi connectivity index (χ4v) is 3.29. The van der Waals surface area contributed by atoms with Crippen molar-refractivity contribution >= 4 is 11.4 Å². The van der Waals surface area contributed by atoms with Gasteiger partial charge in [0, 0.05) is 0 Å². The van der Waals surface area contributed by atoms with Crippen molar-refractivity contribution in [3.63, 3.8) is 0 Å². The molecule has 3 aromatic carbocycles. The monoisotopic (exact) mass is 336 g/mol. The summed E-state index contributed by atoms with van der Waals surface area (Å²) >= 11 is 0. The molecule has 0 aromatic heterocycles. The van der Waals surface area contributed by atoms with Crippen LogP contribution in [-0.4, -0.2) is 0 Å². The third kappa shape index (κ3) is 3.33. The molecular formula is C21H18F2N2. The standard InChI is InChI=1S/C21H18F2N2/c22-16-9-5-14(6-10-16)20-13-21(15-7-11-17(23)12-8-15)25-19-4-2-1-3-18(19)24-20/h1-12,20-21,24-25H,13H2/t20-,21-/m0/s1. The highest BCUT2D eigenvalue weighted by molar-refractivity contribution is 5.70. The number of para-hydroxylation sites is 2. The van der Waals surface area contributed by atoms with E-state index in [-0.39, 0.29) is 23.7 Å². The van der Waals surface area contributed by atoms with Crippen LogP contribution >= 0.6 is 0 Å². The van der Waals surface area contributed by atoms with Gasteiger partial charge in [-0.2, -0.15) is 0 Å².